The molecule has 1 unspecified atom stereocenters. The topological polar surface area (TPSA) is 154 Å². The number of carbonyl (C=O) groups is 3. The van der Waals surface area contributed by atoms with E-state index in [-0.39, 0.29) is 49.2 Å². The van der Waals surface area contributed by atoms with Gasteiger partial charge < -0.3 is 20.1 Å². The first-order valence-electron chi connectivity index (χ1n) is 16.4. The Labute approximate surface area is 318 Å². The molecule has 5 aromatic rings. The van der Waals surface area contributed by atoms with Crippen molar-refractivity contribution in [1.29, 1.82) is 5.26 Å². The number of nitriles is 1. The van der Waals surface area contributed by atoms with E-state index in [2.05, 4.69) is 10.3 Å². The molecule has 2 N–H and O–H groups in total. The van der Waals surface area contributed by atoms with E-state index in [4.69, 9.17) is 44.8 Å². The lowest BCUT2D eigenvalue weighted by Crippen LogP contribution is -2.42. The molecule has 11 nitrogen and oxygen atoms in total. The van der Waals surface area contributed by atoms with Gasteiger partial charge >= 0.3 is 6.09 Å². The Balaban J connectivity index is 1.27. The maximum atomic E-state index is 13.4. The van der Waals surface area contributed by atoms with Crippen molar-refractivity contribution in [3.8, 4) is 34.1 Å². The molecule has 1 aliphatic heterocycles. The molecule has 1 aliphatic rings. The summed E-state index contributed by atoms with van der Waals surface area (Å²) in [5, 5.41) is 22.5. The molecule has 1 atom stereocenters. The van der Waals surface area contributed by atoms with Crippen LogP contribution in [0.15, 0.2) is 77.9 Å². The zero-order valence-electron chi connectivity index (χ0n) is 27.9. The highest BCUT2D eigenvalue weighted by atomic mass is 35.5. The van der Waals surface area contributed by atoms with Crippen molar-refractivity contribution in [3.63, 3.8) is 0 Å². The minimum Gasteiger partial charge on any atom is -0.492 e. The maximum absolute atomic E-state index is 13.4. The number of amides is 2. The van der Waals surface area contributed by atoms with E-state index in [1.807, 2.05) is 42.5 Å². The first-order chi connectivity index (χ1) is 25.6. The van der Waals surface area contributed by atoms with Gasteiger partial charge in [-0.2, -0.15) is 5.26 Å². The number of halogens is 3. The third-order valence-corrected chi connectivity index (χ3v) is 9.89. The molecule has 2 aromatic heterocycles. The number of nitrogens with zero attached hydrogens (tertiary/aromatic N) is 4. The molecule has 0 bridgehead atoms. The number of fused-ring (bicyclic) bond motifs is 1. The third-order valence-electron chi connectivity index (χ3n) is 8.74. The van der Waals surface area contributed by atoms with E-state index in [1.54, 1.807) is 36.5 Å². The van der Waals surface area contributed by atoms with Crippen LogP contribution in [0.1, 0.15) is 46.3 Å². The standard InChI is InChI=1S/C39H30Cl3N5O6/c40-32-16-26(22-48)33(53-15-3-13-43)17-25(32)9-8-23-4-1-6-30(36(23)41)31-7-2-5-29(37(31)42)24-12-14-47-34(18-24)44-19-27(38(47)50)20-46(39(51)52)21-28-10-11-35(49)45-28/h1-2,4-9,12,14,16-19,22,28H,3,10-11,15,20-21H2,(H,45,49)(H,51,52). The van der Waals surface area contributed by atoms with Gasteiger partial charge in [0.15, 0.2) is 6.29 Å². The highest BCUT2D eigenvalue weighted by Crippen LogP contribution is 2.41. The van der Waals surface area contributed by atoms with Gasteiger partial charge in [0.1, 0.15) is 18.0 Å². The van der Waals surface area contributed by atoms with Crippen molar-refractivity contribution in [1.82, 2.24) is 19.6 Å². The van der Waals surface area contributed by atoms with Gasteiger partial charge in [0, 0.05) is 53.1 Å². The molecular formula is C39H30Cl3N5O6. The van der Waals surface area contributed by atoms with Crippen molar-refractivity contribution < 1.29 is 24.2 Å². The number of aromatic nitrogens is 2. The fourth-order valence-corrected chi connectivity index (χ4v) is 6.91. The number of pyridine rings is 1. The molecule has 268 valence electrons. The van der Waals surface area contributed by atoms with Crippen LogP contribution < -0.4 is 15.6 Å². The number of hydrogen-bond donors (Lipinski definition) is 2. The molecule has 1 fully saturated rings. The summed E-state index contributed by atoms with van der Waals surface area (Å²) in [5.74, 6) is 0.188. The van der Waals surface area contributed by atoms with E-state index in [1.165, 1.54) is 16.7 Å². The molecule has 0 radical (unpaired) electrons. The zero-order chi connectivity index (χ0) is 37.6. The second-order valence-electron chi connectivity index (χ2n) is 12.2. The van der Waals surface area contributed by atoms with E-state index < -0.39 is 11.7 Å². The van der Waals surface area contributed by atoms with Crippen LogP contribution in [-0.4, -0.2) is 56.9 Å². The van der Waals surface area contributed by atoms with Crippen molar-refractivity contribution in [2.45, 2.75) is 31.8 Å². The van der Waals surface area contributed by atoms with Crippen LogP contribution in [0, 0.1) is 11.3 Å². The quantitative estimate of drug-likeness (QED) is 0.0735. The average molecular weight is 771 g/mol. The highest BCUT2D eigenvalue weighted by Gasteiger charge is 2.26. The van der Waals surface area contributed by atoms with Crippen LogP contribution in [0.5, 0.6) is 5.75 Å². The summed E-state index contributed by atoms with van der Waals surface area (Å²) in [4.78, 5) is 54.1. The first kappa shape index (κ1) is 37.1. The van der Waals surface area contributed by atoms with Gasteiger partial charge in [-0.15, -0.1) is 0 Å². The number of aldehydes is 1. The first-order valence-corrected chi connectivity index (χ1v) is 17.5. The van der Waals surface area contributed by atoms with Crippen LogP contribution in [0.2, 0.25) is 15.1 Å². The summed E-state index contributed by atoms with van der Waals surface area (Å²) in [6, 6.07) is 19.3. The van der Waals surface area contributed by atoms with Gasteiger partial charge in [0.05, 0.1) is 40.2 Å². The summed E-state index contributed by atoms with van der Waals surface area (Å²) >= 11 is 20.4. The summed E-state index contributed by atoms with van der Waals surface area (Å²) in [6.45, 7) is 0.00796. The lowest BCUT2D eigenvalue weighted by Gasteiger charge is -2.22. The van der Waals surface area contributed by atoms with E-state index in [0.717, 1.165) is 4.90 Å². The zero-order valence-corrected chi connectivity index (χ0v) is 30.2. The average Bonchev–Trinajstić information content (AvgIpc) is 3.57. The lowest BCUT2D eigenvalue weighted by molar-refractivity contribution is -0.119. The Morgan fingerprint density at radius 2 is 1.75 bits per heavy atom. The highest BCUT2D eigenvalue weighted by molar-refractivity contribution is 6.39. The fourth-order valence-electron chi connectivity index (χ4n) is 6.05. The van der Waals surface area contributed by atoms with E-state index in [0.29, 0.717) is 79.0 Å². The normalized spacial score (nSPS) is 13.9. The minimum absolute atomic E-state index is 0.0616. The summed E-state index contributed by atoms with van der Waals surface area (Å²) in [6.07, 6.45) is 6.94. The van der Waals surface area contributed by atoms with Crippen LogP contribution in [0.4, 0.5) is 4.79 Å². The van der Waals surface area contributed by atoms with Crippen molar-refractivity contribution in [3.05, 3.63) is 121 Å². The molecule has 0 spiro atoms. The number of carbonyl (C=O) groups excluding carboxylic acids is 2. The Morgan fingerprint density at radius 3 is 2.47 bits per heavy atom. The summed E-state index contributed by atoms with van der Waals surface area (Å²) in [7, 11) is 0. The minimum atomic E-state index is -1.20. The number of ether oxygens (including phenoxy) is 1. The molecule has 14 heteroatoms. The van der Waals surface area contributed by atoms with Crippen LogP contribution in [0.25, 0.3) is 40.1 Å². The van der Waals surface area contributed by atoms with Gasteiger partial charge in [-0.05, 0) is 47.4 Å². The van der Waals surface area contributed by atoms with Gasteiger partial charge in [0.2, 0.25) is 5.91 Å². The molecule has 53 heavy (non-hydrogen) atoms. The molecule has 0 saturated carbocycles. The van der Waals surface area contributed by atoms with Gasteiger partial charge in [0.25, 0.3) is 5.56 Å². The fraction of sp³-hybridized carbons (Fsp3) is 0.179. The van der Waals surface area contributed by atoms with Crippen LogP contribution in [-0.2, 0) is 11.3 Å². The molecule has 3 aromatic carbocycles. The third kappa shape index (κ3) is 8.21. The molecular weight excluding hydrogens is 741 g/mol. The number of carboxylic acid groups (broad SMARTS) is 1. The monoisotopic (exact) mass is 769 g/mol. The van der Waals surface area contributed by atoms with E-state index in [9.17, 15) is 24.3 Å². The molecule has 6 rings (SSSR count). The maximum Gasteiger partial charge on any atom is 0.407 e. The van der Waals surface area contributed by atoms with Crippen LogP contribution >= 0.6 is 34.8 Å². The Kier molecular flexibility index (Phi) is 11.4. The number of hydrogen-bond acceptors (Lipinski definition) is 7. The Bertz CT molecular complexity index is 2390. The Hall–Kier alpha value is -5.67. The number of nitrogens with one attached hydrogen (secondary N) is 1. The number of benzene rings is 3. The molecule has 3 heterocycles. The smallest absolute Gasteiger partial charge is 0.407 e. The predicted molar refractivity (Wildman–Crippen MR) is 203 cm³/mol. The second-order valence-corrected chi connectivity index (χ2v) is 13.4. The summed E-state index contributed by atoms with van der Waals surface area (Å²) < 4.78 is 6.97. The van der Waals surface area contributed by atoms with Crippen LogP contribution in [0.3, 0.4) is 0 Å². The van der Waals surface area contributed by atoms with Crippen molar-refractivity contribution in [2.75, 3.05) is 13.2 Å². The number of rotatable bonds is 12. The molecule has 0 aliphatic carbocycles. The van der Waals surface area contributed by atoms with Gasteiger partial charge in [-0.25, -0.2) is 9.78 Å². The summed E-state index contributed by atoms with van der Waals surface area (Å²) in [5.41, 5.74) is 4.34. The van der Waals surface area contributed by atoms with Crippen molar-refractivity contribution in [2.24, 2.45) is 0 Å². The molecule has 2 amide bonds. The van der Waals surface area contributed by atoms with E-state index >= 15 is 0 Å². The van der Waals surface area contributed by atoms with Crippen molar-refractivity contribution >= 4 is 70.9 Å². The van der Waals surface area contributed by atoms with Gasteiger partial charge in [-0.1, -0.05) is 83.4 Å². The lowest BCUT2D eigenvalue weighted by atomic mass is 9.97. The second kappa shape index (κ2) is 16.3. The largest absolute Gasteiger partial charge is 0.492 e. The Morgan fingerprint density at radius 1 is 1.02 bits per heavy atom. The predicted octanol–water partition coefficient (Wildman–Crippen LogP) is 8.02. The van der Waals surface area contributed by atoms with Gasteiger partial charge in [-0.3, -0.25) is 18.8 Å². The molecule has 1 saturated heterocycles. The SMILES string of the molecule is N#CCCOc1cc(C=Cc2cccc(-c3cccc(-c4ccn5c(=O)c(CN(CC6CCC(=O)N6)C(=O)O)cnc5c4)c3Cl)c2Cl)c(Cl)cc1C=O.